The van der Waals surface area contributed by atoms with Crippen molar-refractivity contribution < 1.29 is 14.3 Å². The van der Waals surface area contributed by atoms with E-state index in [1.165, 1.54) is 0 Å². The van der Waals surface area contributed by atoms with Crippen molar-refractivity contribution in [3.05, 3.63) is 18.2 Å². The van der Waals surface area contributed by atoms with Gasteiger partial charge in [-0.1, -0.05) is 0 Å². The normalized spacial score (nSPS) is 21.0. The van der Waals surface area contributed by atoms with Crippen LogP contribution in [0.25, 0.3) is 0 Å². The van der Waals surface area contributed by atoms with E-state index in [0.717, 1.165) is 25.9 Å². The summed E-state index contributed by atoms with van der Waals surface area (Å²) >= 11 is 0. The third kappa shape index (κ3) is 3.51. The number of ether oxygens (including phenoxy) is 1. The molecule has 2 heterocycles. The number of carbonyl (C=O) groups excluding carboxylic acids is 2. The minimum Gasteiger partial charge on any atom is -0.479 e. The van der Waals surface area contributed by atoms with E-state index in [2.05, 4.69) is 16.0 Å². The van der Waals surface area contributed by atoms with E-state index in [1.807, 2.05) is 0 Å². The van der Waals surface area contributed by atoms with Gasteiger partial charge in [0.05, 0.1) is 5.69 Å². The SMILES string of the molecule is CC1Oc2ccc(NC(=O)C3CCNCC3)cc2NC1=O.Cl. The lowest BCUT2D eigenvalue weighted by atomic mass is 9.97. The second-order valence-electron chi connectivity index (χ2n) is 5.47. The number of rotatable bonds is 2. The van der Waals surface area contributed by atoms with Crippen LogP contribution in [0, 0.1) is 5.92 Å². The smallest absolute Gasteiger partial charge is 0.265 e. The predicted molar refractivity (Wildman–Crippen MR) is 86.6 cm³/mol. The van der Waals surface area contributed by atoms with Crippen molar-refractivity contribution in [3.8, 4) is 5.75 Å². The molecule has 0 radical (unpaired) electrons. The van der Waals surface area contributed by atoms with Gasteiger partial charge >= 0.3 is 0 Å². The summed E-state index contributed by atoms with van der Waals surface area (Å²) in [6, 6.07) is 5.30. The Morgan fingerprint density at radius 1 is 1.32 bits per heavy atom. The van der Waals surface area contributed by atoms with Gasteiger partial charge in [0.25, 0.3) is 5.91 Å². The quantitative estimate of drug-likeness (QED) is 0.774. The molecular weight excluding hydrogens is 306 g/mol. The first-order valence-electron chi connectivity index (χ1n) is 7.26. The Hall–Kier alpha value is -1.79. The molecule has 1 atom stereocenters. The molecule has 0 aromatic heterocycles. The Balaban J connectivity index is 0.00000176. The molecule has 22 heavy (non-hydrogen) atoms. The molecule has 2 aliphatic heterocycles. The Morgan fingerprint density at radius 3 is 2.77 bits per heavy atom. The molecule has 120 valence electrons. The van der Waals surface area contributed by atoms with E-state index in [9.17, 15) is 9.59 Å². The van der Waals surface area contributed by atoms with Crippen LogP contribution in [0.3, 0.4) is 0 Å². The number of fused-ring (bicyclic) bond motifs is 1. The van der Waals surface area contributed by atoms with Crippen LogP contribution in [0.5, 0.6) is 5.75 Å². The van der Waals surface area contributed by atoms with Crippen molar-refractivity contribution in [1.82, 2.24) is 5.32 Å². The second-order valence-corrected chi connectivity index (χ2v) is 5.47. The molecule has 2 amide bonds. The number of piperidine rings is 1. The van der Waals surface area contributed by atoms with E-state index in [1.54, 1.807) is 25.1 Å². The number of halogens is 1. The van der Waals surface area contributed by atoms with Gasteiger partial charge in [-0.2, -0.15) is 0 Å². The summed E-state index contributed by atoms with van der Waals surface area (Å²) < 4.78 is 5.49. The van der Waals surface area contributed by atoms with Crippen molar-refractivity contribution in [2.75, 3.05) is 23.7 Å². The maximum atomic E-state index is 12.2. The first-order valence-corrected chi connectivity index (χ1v) is 7.26. The number of amides is 2. The Kier molecular flexibility index (Phi) is 5.26. The number of nitrogens with one attached hydrogen (secondary N) is 3. The fourth-order valence-electron chi connectivity index (χ4n) is 2.61. The Bertz CT molecular complexity index is 573. The average Bonchev–Trinajstić information content (AvgIpc) is 2.49. The van der Waals surface area contributed by atoms with Crippen LogP contribution < -0.4 is 20.7 Å². The van der Waals surface area contributed by atoms with Gasteiger partial charge in [-0.3, -0.25) is 9.59 Å². The van der Waals surface area contributed by atoms with Crippen LogP contribution in [0.1, 0.15) is 19.8 Å². The number of hydrogen-bond acceptors (Lipinski definition) is 4. The molecule has 6 nitrogen and oxygen atoms in total. The van der Waals surface area contributed by atoms with Crippen molar-refractivity contribution in [1.29, 1.82) is 0 Å². The van der Waals surface area contributed by atoms with Crippen molar-refractivity contribution in [2.45, 2.75) is 25.9 Å². The molecule has 1 fully saturated rings. The molecule has 0 spiro atoms. The lowest BCUT2D eigenvalue weighted by Crippen LogP contribution is -2.35. The highest BCUT2D eigenvalue weighted by Gasteiger charge is 2.25. The van der Waals surface area contributed by atoms with Crippen LogP contribution >= 0.6 is 12.4 Å². The van der Waals surface area contributed by atoms with Gasteiger partial charge in [-0.05, 0) is 51.1 Å². The molecule has 0 bridgehead atoms. The zero-order valence-corrected chi connectivity index (χ0v) is 13.2. The predicted octanol–water partition coefficient (Wildman–Crippen LogP) is 1.77. The summed E-state index contributed by atoms with van der Waals surface area (Å²) in [6.45, 7) is 3.46. The fraction of sp³-hybridized carbons (Fsp3) is 0.467. The molecule has 1 aromatic rings. The monoisotopic (exact) mass is 325 g/mol. The number of hydrogen-bond donors (Lipinski definition) is 3. The molecule has 1 unspecified atom stereocenters. The van der Waals surface area contributed by atoms with Crippen molar-refractivity contribution in [3.63, 3.8) is 0 Å². The van der Waals surface area contributed by atoms with Crippen LogP contribution in [0.4, 0.5) is 11.4 Å². The molecule has 1 aromatic carbocycles. The average molecular weight is 326 g/mol. The van der Waals surface area contributed by atoms with E-state index in [-0.39, 0.29) is 30.1 Å². The molecule has 2 aliphatic rings. The molecule has 3 N–H and O–H groups in total. The third-order valence-corrected chi connectivity index (χ3v) is 3.89. The zero-order chi connectivity index (χ0) is 14.8. The van der Waals surface area contributed by atoms with Gasteiger partial charge in [0.15, 0.2) is 6.10 Å². The summed E-state index contributed by atoms with van der Waals surface area (Å²) in [7, 11) is 0. The highest BCUT2D eigenvalue weighted by atomic mass is 35.5. The molecule has 7 heteroatoms. The fourth-order valence-corrected chi connectivity index (χ4v) is 2.61. The molecule has 0 saturated carbocycles. The standard InChI is InChI=1S/C15H19N3O3.ClH/c1-9-14(19)18-12-8-11(2-3-13(12)21-9)17-15(20)10-4-6-16-7-5-10;/h2-3,8-10,16H,4-7H2,1H3,(H,17,20)(H,18,19);1H. The zero-order valence-electron chi connectivity index (χ0n) is 12.3. The summed E-state index contributed by atoms with van der Waals surface area (Å²) in [5, 5.41) is 8.93. The first kappa shape index (κ1) is 16.6. The van der Waals surface area contributed by atoms with Crippen LogP contribution in [0.2, 0.25) is 0 Å². The molecule has 3 rings (SSSR count). The van der Waals surface area contributed by atoms with Gasteiger partial charge in [0, 0.05) is 11.6 Å². The van der Waals surface area contributed by atoms with E-state index in [0.29, 0.717) is 17.1 Å². The van der Waals surface area contributed by atoms with Gasteiger partial charge in [-0.15, -0.1) is 12.4 Å². The van der Waals surface area contributed by atoms with Gasteiger partial charge in [0.2, 0.25) is 5.91 Å². The van der Waals surface area contributed by atoms with Gasteiger partial charge < -0.3 is 20.7 Å². The maximum Gasteiger partial charge on any atom is 0.265 e. The highest BCUT2D eigenvalue weighted by Crippen LogP contribution is 2.32. The number of carbonyl (C=O) groups is 2. The van der Waals surface area contributed by atoms with Gasteiger partial charge in [0.1, 0.15) is 5.75 Å². The Labute approximate surface area is 135 Å². The maximum absolute atomic E-state index is 12.2. The summed E-state index contributed by atoms with van der Waals surface area (Å²) in [6.07, 6.45) is 1.22. The molecule has 0 aliphatic carbocycles. The minimum atomic E-state index is -0.493. The molecule has 1 saturated heterocycles. The second kappa shape index (κ2) is 6.98. The van der Waals surface area contributed by atoms with Gasteiger partial charge in [-0.25, -0.2) is 0 Å². The van der Waals surface area contributed by atoms with E-state index < -0.39 is 6.10 Å². The first-order chi connectivity index (χ1) is 10.1. The number of anilines is 2. The number of benzene rings is 1. The largest absolute Gasteiger partial charge is 0.479 e. The third-order valence-electron chi connectivity index (χ3n) is 3.89. The van der Waals surface area contributed by atoms with Crippen LogP contribution in [0.15, 0.2) is 18.2 Å². The van der Waals surface area contributed by atoms with Crippen molar-refractivity contribution in [2.24, 2.45) is 5.92 Å². The topological polar surface area (TPSA) is 79.5 Å². The summed E-state index contributed by atoms with van der Waals surface area (Å²) in [5.74, 6) is 0.535. The molecular formula is C15H20ClN3O3. The lowest BCUT2D eigenvalue weighted by molar-refractivity contribution is -0.122. The Morgan fingerprint density at radius 2 is 2.05 bits per heavy atom. The highest BCUT2D eigenvalue weighted by molar-refractivity contribution is 5.99. The van der Waals surface area contributed by atoms with Crippen LogP contribution in [-0.2, 0) is 9.59 Å². The minimum absolute atomic E-state index is 0. The summed E-state index contributed by atoms with van der Waals surface area (Å²) in [5.41, 5.74) is 1.27. The summed E-state index contributed by atoms with van der Waals surface area (Å²) in [4.78, 5) is 23.8. The lowest BCUT2D eigenvalue weighted by Gasteiger charge is -2.24. The van der Waals surface area contributed by atoms with Crippen LogP contribution in [-0.4, -0.2) is 31.0 Å². The van der Waals surface area contributed by atoms with Crippen molar-refractivity contribution >= 4 is 35.6 Å². The van der Waals surface area contributed by atoms with E-state index in [4.69, 9.17) is 4.74 Å². The van der Waals surface area contributed by atoms with E-state index >= 15 is 0 Å².